The van der Waals surface area contributed by atoms with Gasteiger partial charge in [-0.25, -0.2) is 4.98 Å². The number of hydrogen-bond donors (Lipinski definition) is 0. The molecule has 2 aromatic heterocycles. The molecule has 0 aliphatic carbocycles. The molecule has 0 saturated heterocycles. The van der Waals surface area contributed by atoms with Crippen LogP contribution in [-0.2, 0) is 0 Å². The molecule has 172 valence electrons. The standard InChI is InChI=1S/C27H23BrN2O4/c1-16(2)11-13-33-19-7-5-6-17(14-19)24-23-25(31)20-15-18(28)9-10-21(20)34-26(23)27(32)30(24)22-8-3-4-12-29-22/h3-10,12,14-16,24H,11,13H2,1-2H3. The Hall–Kier alpha value is -3.45. The van der Waals surface area contributed by atoms with E-state index in [-0.39, 0.29) is 11.2 Å². The van der Waals surface area contributed by atoms with Crippen LogP contribution >= 0.6 is 15.9 Å². The van der Waals surface area contributed by atoms with E-state index in [1.54, 1.807) is 36.5 Å². The van der Waals surface area contributed by atoms with E-state index in [9.17, 15) is 9.59 Å². The Balaban J connectivity index is 1.68. The number of fused-ring (bicyclic) bond motifs is 2. The Morgan fingerprint density at radius 1 is 1.09 bits per heavy atom. The highest BCUT2D eigenvalue weighted by molar-refractivity contribution is 9.10. The molecule has 0 N–H and O–H groups in total. The molecule has 6 nitrogen and oxygen atoms in total. The predicted octanol–water partition coefficient (Wildman–Crippen LogP) is 6.13. The highest BCUT2D eigenvalue weighted by Gasteiger charge is 2.44. The molecule has 1 aliphatic heterocycles. The molecule has 7 heteroatoms. The summed E-state index contributed by atoms with van der Waals surface area (Å²) >= 11 is 3.43. The molecule has 0 radical (unpaired) electrons. The molecule has 0 saturated carbocycles. The number of anilines is 1. The molecule has 1 aliphatic rings. The van der Waals surface area contributed by atoms with Crippen LogP contribution in [0.1, 0.15) is 48.0 Å². The normalized spacial score (nSPS) is 15.2. The summed E-state index contributed by atoms with van der Waals surface area (Å²) in [6.45, 7) is 4.88. The number of amides is 1. The summed E-state index contributed by atoms with van der Waals surface area (Å²) in [4.78, 5) is 33.2. The monoisotopic (exact) mass is 518 g/mol. The Morgan fingerprint density at radius 2 is 1.94 bits per heavy atom. The molecule has 4 aromatic rings. The molecule has 3 heterocycles. The van der Waals surface area contributed by atoms with Gasteiger partial charge in [-0.1, -0.05) is 48.0 Å². The average molecular weight is 519 g/mol. The zero-order chi connectivity index (χ0) is 23.8. The van der Waals surface area contributed by atoms with Crippen molar-refractivity contribution in [1.82, 2.24) is 4.98 Å². The molecule has 2 aromatic carbocycles. The van der Waals surface area contributed by atoms with Gasteiger partial charge in [-0.15, -0.1) is 0 Å². The molecular weight excluding hydrogens is 496 g/mol. The first-order chi connectivity index (χ1) is 16.4. The number of hydrogen-bond acceptors (Lipinski definition) is 5. The fraction of sp³-hybridized carbons (Fsp3) is 0.222. The molecule has 0 spiro atoms. The first-order valence-electron chi connectivity index (χ1n) is 11.2. The van der Waals surface area contributed by atoms with Gasteiger partial charge in [0.2, 0.25) is 5.76 Å². The Kier molecular flexibility index (Phi) is 5.96. The second-order valence-corrected chi connectivity index (χ2v) is 9.60. The van der Waals surface area contributed by atoms with Gasteiger partial charge in [-0.05, 0) is 60.4 Å². The van der Waals surface area contributed by atoms with Gasteiger partial charge in [0.15, 0.2) is 5.43 Å². The third kappa shape index (κ3) is 4.01. The number of pyridine rings is 1. The average Bonchev–Trinajstić information content (AvgIpc) is 3.13. The largest absolute Gasteiger partial charge is 0.494 e. The van der Waals surface area contributed by atoms with Crippen molar-refractivity contribution in [2.24, 2.45) is 5.92 Å². The summed E-state index contributed by atoms with van der Waals surface area (Å²) in [5.74, 6) is 1.31. The number of carbonyl (C=O) groups is 1. The van der Waals surface area contributed by atoms with Crippen molar-refractivity contribution in [3.63, 3.8) is 0 Å². The third-order valence-corrected chi connectivity index (χ3v) is 6.36. The third-order valence-electron chi connectivity index (χ3n) is 5.87. The predicted molar refractivity (Wildman–Crippen MR) is 134 cm³/mol. The first-order valence-corrected chi connectivity index (χ1v) is 12.0. The SMILES string of the molecule is CC(C)CCOc1cccc(C2c3c(oc4ccc(Br)cc4c3=O)C(=O)N2c2ccccn2)c1. The van der Waals surface area contributed by atoms with E-state index in [0.29, 0.717) is 40.6 Å². The lowest BCUT2D eigenvalue weighted by atomic mass is 9.98. The minimum Gasteiger partial charge on any atom is -0.494 e. The summed E-state index contributed by atoms with van der Waals surface area (Å²) in [7, 11) is 0. The van der Waals surface area contributed by atoms with Gasteiger partial charge in [0, 0.05) is 10.7 Å². The van der Waals surface area contributed by atoms with Crippen LogP contribution in [0.5, 0.6) is 5.75 Å². The van der Waals surface area contributed by atoms with E-state index in [1.807, 2.05) is 30.3 Å². The first kappa shape index (κ1) is 22.3. The van der Waals surface area contributed by atoms with Crippen molar-refractivity contribution in [2.75, 3.05) is 11.5 Å². The van der Waals surface area contributed by atoms with Gasteiger partial charge in [0.25, 0.3) is 5.91 Å². The second-order valence-electron chi connectivity index (χ2n) is 8.68. The van der Waals surface area contributed by atoms with Crippen molar-refractivity contribution >= 4 is 38.6 Å². The van der Waals surface area contributed by atoms with Crippen molar-refractivity contribution in [3.05, 3.63) is 98.4 Å². The van der Waals surface area contributed by atoms with Crippen molar-refractivity contribution in [2.45, 2.75) is 26.3 Å². The van der Waals surface area contributed by atoms with E-state index >= 15 is 0 Å². The summed E-state index contributed by atoms with van der Waals surface area (Å²) < 4.78 is 12.7. The minimum absolute atomic E-state index is 0.0432. The molecule has 0 fully saturated rings. The van der Waals surface area contributed by atoms with Crippen LogP contribution in [0, 0.1) is 5.92 Å². The highest BCUT2D eigenvalue weighted by atomic mass is 79.9. The van der Waals surface area contributed by atoms with Gasteiger partial charge in [-0.2, -0.15) is 0 Å². The molecule has 1 amide bonds. The fourth-order valence-corrected chi connectivity index (χ4v) is 4.54. The maximum atomic E-state index is 13.7. The van der Waals surface area contributed by atoms with Crippen LogP contribution in [-0.4, -0.2) is 17.5 Å². The number of ether oxygens (including phenoxy) is 1. The van der Waals surface area contributed by atoms with Gasteiger partial charge in [0.1, 0.15) is 17.2 Å². The number of rotatable bonds is 6. The smallest absolute Gasteiger partial charge is 0.296 e. The lowest BCUT2D eigenvalue weighted by molar-refractivity contribution is 0.0970. The zero-order valence-corrected chi connectivity index (χ0v) is 20.4. The van der Waals surface area contributed by atoms with Crippen LogP contribution in [0.4, 0.5) is 5.82 Å². The fourth-order valence-electron chi connectivity index (χ4n) is 4.18. The van der Waals surface area contributed by atoms with Crippen LogP contribution in [0.3, 0.4) is 0 Å². The Labute approximate surface area is 205 Å². The zero-order valence-electron chi connectivity index (χ0n) is 18.8. The van der Waals surface area contributed by atoms with E-state index in [2.05, 4.69) is 34.8 Å². The number of halogens is 1. The lowest BCUT2D eigenvalue weighted by Gasteiger charge is -2.24. The van der Waals surface area contributed by atoms with Crippen LogP contribution < -0.4 is 15.1 Å². The molecule has 1 atom stereocenters. The van der Waals surface area contributed by atoms with Gasteiger partial charge in [0.05, 0.1) is 23.6 Å². The number of nitrogens with zero attached hydrogens (tertiary/aromatic N) is 2. The lowest BCUT2D eigenvalue weighted by Crippen LogP contribution is -2.30. The van der Waals surface area contributed by atoms with E-state index in [1.165, 1.54) is 4.90 Å². The summed E-state index contributed by atoms with van der Waals surface area (Å²) in [5, 5.41) is 0.415. The summed E-state index contributed by atoms with van der Waals surface area (Å²) in [6, 6.07) is 17.4. The summed E-state index contributed by atoms with van der Waals surface area (Å²) in [5.41, 5.74) is 1.19. The Bertz CT molecular complexity index is 1430. The Morgan fingerprint density at radius 3 is 2.71 bits per heavy atom. The number of carbonyl (C=O) groups excluding carboxylic acids is 1. The molecule has 0 bridgehead atoms. The van der Waals surface area contributed by atoms with E-state index < -0.39 is 11.9 Å². The molecule has 1 unspecified atom stereocenters. The van der Waals surface area contributed by atoms with Crippen LogP contribution in [0.2, 0.25) is 0 Å². The van der Waals surface area contributed by atoms with Crippen molar-refractivity contribution < 1.29 is 13.9 Å². The van der Waals surface area contributed by atoms with Crippen molar-refractivity contribution in [3.8, 4) is 5.75 Å². The number of benzene rings is 2. The summed E-state index contributed by atoms with van der Waals surface area (Å²) in [6.07, 6.45) is 2.55. The van der Waals surface area contributed by atoms with E-state index in [0.717, 1.165) is 16.5 Å². The maximum absolute atomic E-state index is 13.7. The van der Waals surface area contributed by atoms with Crippen molar-refractivity contribution in [1.29, 1.82) is 0 Å². The quantitative estimate of drug-likeness (QED) is 0.307. The van der Waals surface area contributed by atoms with Crippen LogP contribution in [0.15, 0.2) is 80.5 Å². The van der Waals surface area contributed by atoms with Gasteiger partial charge in [-0.3, -0.25) is 14.5 Å². The molecular formula is C27H23BrN2O4. The maximum Gasteiger partial charge on any atom is 0.296 e. The minimum atomic E-state index is -0.689. The highest BCUT2D eigenvalue weighted by Crippen LogP contribution is 2.41. The molecule has 5 rings (SSSR count). The topological polar surface area (TPSA) is 72.6 Å². The van der Waals surface area contributed by atoms with Crippen LogP contribution in [0.25, 0.3) is 11.0 Å². The van der Waals surface area contributed by atoms with Gasteiger partial charge < -0.3 is 9.15 Å². The van der Waals surface area contributed by atoms with E-state index in [4.69, 9.17) is 9.15 Å². The second kappa shape index (κ2) is 9.06. The number of aromatic nitrogens is 1. The van der Waals surface area contributed by atoms with Gasteiger partial charge >= 0.3 is 0 Å². The molecule has 34 heavy (non-hydrogen) atoms.